The Balaban J connectivity index is 3.07. The molecule has 0 aliphatic rings. The van der Waals surface area contributed by atoms with Gasteiger partial charge in [0.2, 0.25) is 0 Å². The summed E-state index contributed by atoms with van der Waals surface area (Å²) in [6, 6.07) is 7.51. The molecule has 0 amide bonds. The van der Waals surface area contributed by atoms with E-state index in [2.05, 4.69) is 19.2 Å². The van der Waals surface area contributed by atoms with Crippen LogP contribution in [0, 0.1) is 0 Å². The van der Waals surface area contributed by atoms with Crippen molar-refractivity contribution in [2.24, 2.45) is 0 Å². The van der Waals surface area contributed by atoms with E-state index in [4.69, 9.17) is 0 Å². The maximum atomic E-state index is 12.2. The molecule has 102 valence electrons. The lowest BCUT2D eigenvalue weighted by molar-refractivity contribution is 0.594. The summed E-state index contributed by atoms with van der Waals surface area (Å²) in [5.41, 5.74) is 0.736. The predicted octanol–water partition coefficient (Wildman–Crippen LogP) is 3.47. The molecule has 0 aliphatic heterocycles. The van der Waals surface area contributed by atoms with Gasteiger partial charge in [0.05, 0.1) is 16.3 Å². The van der Waals surface area contributed by atoms with Crippen LogP contribution in [0.4, 0.5) is 5.69 Å². The SMILES string of the molecule is CCCS(=O)(=O)c1ccccc1NC(CC)CC. The van der Waals surface area contributed by atoms with E-state index in [1.54, 1.807) is 12.1 Å². The summed E-state index contributed by atoms with van der Waals surface area (Å²) in [5.74, 6) is 0.203. The first kappa shape index (κ1) is 15.0. The van der Waals surface area contributed by atoms with Gasteiger partial charge in [-0.2, -0.15) is 0 Å². The molecule has 4 heteroatoms. The van der Waals surface area contributed by atoms with Crippen LogP contribution in [0.5, 0.6) is 0 Å². The van der Waals surface area contributed by atoms with Crippen molar-refractivity contribution in [1.29, 1.82) is 0 Å². The predicted molar refractivity (Wildman–Crippen MR) is 76.8 cm³/mol. The molecule has 1 N–H and O–H groups in total. The van der Waals surface area contributed by atoms with Crippen molar-refractivity contribution in [2.75, 3.05) is 11.1 Å². The summed E-state index contributed by atoms with van der Waals surface area (Å²) >= 11 is 0. The normalized spacial score (nSPS) is 11.8. The van der Waals surface area contributed by atoms with Crippen LogP contribution in [0.2, 0.25) is 0 Å². The lowest BCUT2D eigenvalue weighted by Crippen LogP contribution is -2.19. The Bertz CT molecular complexity index is 464. The first-order valence-electron chi connectivity index (χ1n) is 6.63. The van der Waals surface area contributed by atoms with E-state index in [0.717, 1.165) is 18.5 Å². The summed E-state index contributed by atoms with van der Waals surface area (Å²) in [6.45, 7) is 6.09. The van der Waals surface area contributed by atoms with Crippen LogP contribution in [0.25, 0.3) is 0 Å². The van der Waals surface area contributed by atoms with E-state index in [1.165, 1.54) is 0 Å². The van der Waals surface area contributed by atoms with Crippen molar-refractivity contribution < 1.29 is 8.42 Å². The van der Waals surface area contributed by atoms with Crippen LogP contribution in [0.3, 0.4) is 0 Å². The van der Waals surface area contributed by atoms with Crippen LogP contribution < -0.4 is 5.32 Å². The summed E-state index contributed by atoms with van der Waals surface area (Å²) in [4.78, 5) is 0.429. The summed E-state index contributed by atoms with van der Waals surface area (Å²) < 4.78 is 24.3. The summed E-state index contributed by atoms with van der Waals surface area (Å²) in [5, 5.41) is 3.33. The first-order chi connectivity index (χ1) is 8.55. The minimum Gasteiger partial charge on any atom is -0.381 e. The van der Waals surface area contributed by atoms with Gasteiger partial charge in [0.15, 0.2) is 9.84 Å². The fourth-order valence-corrected chi connectivity index (χ4v) is 3.45. The van der Waals surface area contributed by atoms with Gasteiger partial charge in [0.25, 0.3) is 0 Å². The standard InChI is InChI=1S/C14H23NO2S/c1-4-11-18(16,17)14-10-8-7-9-13(14)15-12(5-2)6-3/h7-10,12,15H,4-6,11H2,1-3H3. The quantitative estimate of drug-likeness (QED) is 0.824. The molecule has 0 aromatic heterocycles. The number of benzene rings is 1. The molecule has 0 heterocycles. The van der Waals surface area contributed by atoms with Crippen LogP contribution in [0.1, 0.15) is 40.0 Å². The number of anilines is 1. The highest BCUT2D eigenvalue weighted by Gasteiger charge is 2.18. The second-order valence-electron chi connectivity index (χ2n) is 4.47. The van der Waals surface area contributed by atoms with Gasteiger partial charge in [-0.15, -0.1) is 0 Å². The minimum absolute atomic E-state index is 0.203. The average molecular weight is 269 g/mol. The minimum atomic E-state index is -3.17. The van der Waals surface area contributed by atoms with Crippen molar-refractivity contribution in [1.82, 2.24) is 0 Å². The zero-order chi connectivity index (χ0) is 13.6. The molecular weight excluding hydrogens is 246 g/mol. The zero-order valence-corrected chi connectivity index (χ0v) is 12.3. The number of para-hydroxylation sites is 1. The highest BCUT2D eigenvalue weighted by atomic mass is 32.2. The molecule has 0 saturated carbocycles. The number of nitrogens with one attached hydrogen (secondary N) is 1. The molecule has 0 aliphatic carbocycles. The van der Waals surface area contributed by atoms with E-state index in [9.17, 15) is 8.42 Å². The molecule has 3 nitrogen and oxygen atoms in total. The van der Waals surface area contributed by atoms with Crippen LogP contribution in [0.15, 0.2) is 29.2 Å². The molecule has 18 heavy (non-hydrogen) atoms. The lowest BCUT2D eigenvalue weighted by Gasteiger charge is -2.19. The molecule has 0 saturated heterocycles. The highest BCUT2D eigenvalue weighted by Crippen LogP contribution is 2.24. The first-order valence-corrected chi connectivity index (χ1v) is 8.28. The van der Waals surface area contributed by atoms with Crippen molar-refractivity contribution in [2.45, 2.75) is 51.0 Å². The van der Waals surface area contributed by atoms with Gasteiger partial charge in [-0.1, -0.05) is 32.9 Å². The molecule has 0 bridgehead atoms. The smallest absolute Gasteiger partial charge is 0.180 e. The summed E-state index contributed by atoms with van der Waals surface area (Å²) in [6.07, 6.45) is 2.61. The van der Waals surface area contributed by atoms with Crippen LogP contribution in [-0.2, 0) is 9.84 Å². The second kappa shape index (κ2) is 6.78. The third-order valence-corrected chi connectivity index (χ3v) is 5.01. The number of sulfone groups is 1. The van der Waals surface area contributed by atoms with Gasteiger partial charge < -0.3 is 5.32 Å². The number of rotatable bonds is 7. The Morgan fingerprint density at radius 1 is 1.11 bits per heavy atom. The molecule has 1 aromatic rings. The summed E-state index contributed by atoms with van der Waals surface area (Å²) in [7, 11) is -3.17. The Labute approximate surface area is 111 Å². The van der Waals surface area contributed by atoms with E-state index in [-0.39, 0.29) is 5.75 Å². The van der Waals surface area contributed by atoms with Crippen molar-refractivity contribution in [3.05, 3.63) is 24.3 Å². The number of hydrogen-bond acceptors (Lipinski definition) is 3. The van der Waals surface area contributed by atoms with Gasteiger partial charge in [0.1, 0.15) is 0 Å². The largest absolute Gasteiger partial charge is 0.381 e. The average Bonchev–Trinajstić information content (AvgIpc) is 2.36. The fraction of sp³-hybridized carbons (Fsp3) is 0.571. The van der Waals surface area contributed by atoms with E-state index < -0.39 is 9.84 Å². The Kier molecular flexibility index (Phi) is 5.66. The third-order valence-electron chi connectivity index (χ3n) is 3.04. The van der Waals surface area contributed by atoms with Gasteiger partial charge in [-0.3, -0.25) is 0 Å². The third kappa shape index (κ3) is 3.73. The van der Waals surface area contributed by atoms with E-state index in [0.29, 0.717) is 17.4 Å². The van der Waals surface area contributed by atoms with Crippen LogP contribution in [-0.4, -0.2) is 20.2 Å². The van der Waals surface area contributed by atoms with Crippen LogP contribution >= 0.6 is 0 Å². The molecular formula is C14H23NO2S. The lowest BCUT2D eigenvalue weighted by atomic mass is 10.1. The molecule has 0 fully saturated rings. The van der Waals surface area contributed by atoms with Gasteiger partial charge in [0, 0.05) is 6.04 Å². The van der Waals surface area contributed by atoms with E-state index in [1.807, 2.05) is 19.1 Å². The molecule has 0 unspecified atom stereocenters. The fourth-order valence-electron chi connectivity index (χ4n) is 1.95. The topological polar surface area (TPSA) is 46.2 Å². The Hall–Kier alpha value is -1.03. The molecule has 0 spiro atoms. The Morgan fingerprint density at radius 3 is 2.28 bits per heavy atom. The Morgan fingerprint density at radius 2 is 1.72 bits per heavy atom. The van der Waals surface area contributed by atoms with Gasteiger partial charge in [-0.25, -0.2) is 8.42 Å². The molecule has 0 atom stereocenters. The van der Waals surface area contributed by atoms with Crippen molar-refractivity contribution in [3.63, 3.8) is 0 Å². The van der Waals surface area contributed by atoms with Crippen molar-refractivity contribution >= 4 is 15.5 Å². The molecule has 1 aromatic carbocycles. The maximum Gasteiger partial charge on any atom is 0.180 e. The highest BCUT2D eigenvalue weighted by molar-refractivity contribution is 7.91. The monoisotopic (exact) mass is 269 g/mol. The molecule has 0 radical (unpaired) electrons. The maximum absolute atomic E-state index is 12.2. The molecule has 1 rings (SSSR count). The second-order valence-corrected chi connectivity index (χ2v) is 6.55. The van der Waals surface area contributed by atoms with Crippen molar-refractivity contribution in [3.8, 4) is 0 Å². The zero-order valence-electron chi connectivity index (χ0n) is 11.4. The number of hydrogen-bond donors (Lipinski definition) is 1. The van der Waals surface area contributed by atoms with E-state index >= 15 is 0 Å². The van der Waals surface area contributed by atoms with Gasteiger partial charge >= 0.3 is 0 Å². The van der Waals surface area contributed by atoms with Gasteiger partial charge in [-0.05, 0) is 31.4 Å².